The van der Waals surface area contributed by atoms with Gasteiger partial charge in [0.1, 0.15) is 0 Å². The standard InChI is InChI=1S/C22H25N3O3/c1-14(2)13-25-20(26)18-9-8-17(12-19(18)21(25)27)24-22(28)23-11-10-16-7-5-4-6-15(16)3/h4-9,12,14H,10-11,13H2,1-3H3,(H2,23,24,28). The third-order valence-corrected chi connectivity index (χ3v) is 4.72. The van der Waals surface area contributed by atoms with E-state index in [1.54, 1.807) is 18.2 Å². The van der Waals surface area contributed by atoms with E-state index >= 15 is 0 Å². The minimum Gasteiger partial charge on any atom is -0.338 e. The summed E-state index contributed by atoms with van der Waals surface area (Å²) < 4.78 is 0. The molecule has 0 aromatic heterocycles. The van der Waals surface area contributed by atoms with Gasteiger partial charge in [-0.05, 0) is 48.6 Å². The van der Waals surface area contributed by atoms with Gasteiger partial charge in [-0.25, -0.2) is 4.79 Å². The second kappa shape index (κ2) is 8.25. The number of fused-ring (bicyclic) bond motifs is 1. The van der Waals surface area contributed by atoms with Crippen LogP contribution in [0.4, 0.5) is 10.5 Å². The highest BCUT2D eigenvalue weighted by Gasteiger charge is 2.35. The molecular weight excluding hydrogens is 354 g/mol. The average Bonchev–Trinajstić information content (AvgIpc) is 2.87. The highest BCUT2D eigenvalue weighted by atomic mass is 16.2. The smallest absolute Gasteiger partial charge is 0.319 e. The van der Waals surface area contributed by atoms with Crippen LogP contribution in [0.1, 0.15) is 45.7 Å². The number of anilines is 1. The quantitative estimate of drug-likeness (QED) is 0.753. The topological polar surface area (TPSA) is 78.5 Å². The number of rotatable bonds is 6. The molecule has 0 saturated carbocycles. The first-order chi connectivity index (χ1) is 13.4. The third-order valence-electron chi connectivity index (χ3n) is 4.72. The number of amides is 4. The summed E-state index contributed by atoms with van der Waals surface area (Å²) in [5.74, 6) is -0.390. The van der Waals surface area contributed by atoms with Gasteiger partial charge in [-0.1, -0.05) is 38.1 Å². The van der Waals surface area contributed by atoms with Crippen molar-refractivity contribution in [3.63, 3.8) is 0 Å². The first-order valence-electron chi connectivity index (χ1n) is 9.46. The number of carbonyl (C=O) groups is 3. The molecule has 0 radical (unpaired) electrons. The molecule has 1 aliphatic rings. The molecule has 2 aromatic rings. The lowest BCUT2D eigenvalue weighted by molar-refractivity contribution is 0.0636. The fourth-order valence-corrected chi connectivity index (χ4v) is 3.28. The Kier molecular flexibility index (Phi) is 5.78. The van der Waals surface area contributed by atoms with Crippen molar-refractivity contribution in [2.45, 2.75) is 27.2 Å². The minimum absolute atomic E-state index is 0.193. The van der Waals surface area contributed by atoms with Crippen LogP contribution in [0.15, 0.2) is 42.5 Å². The van der Waals surface area contributed by atoms with Crippen molar-refractivity contribution in [1.82, 2.24) is 10.2 Å². The molecule has 1 heterocycles. The van der Waals surface area contributed by atoms with Crippen molar-refractivity contribution < 1.29 is 14.4 Å². The van der Waals surface area contributed by atoms with Gasteiger partial charge < -0.3 is 10.6 Å². The zero-order valence-corrected chi connectivity index (χ0v) is 16.4. The fourth-order valence-electron chi connectivity index (χ4n) is 3.28. The molecule has 0 unspecified atom stereocenters. The Bertz CT molecular complexity index is 921. The van der Waals surface area contributed by atoms with E-state index in [1.807, 2.05) is 45.0 Å². The summed E-state index contributed by atoms with van der Waals surface area (Å²) >= 11 is 0. The predicted octanol–water partition coefficient (Wildman–Crippen LogP) is 3.61. The molecule has 6 heteroatoms. The summed E-state index contributed by atoms with van der Waals surface area (Å²) in [7, 11) is 0. The van der Waals surface area contributed by atoms with Gasteiger partial charge in [0.05, 0.1) is 11.1 Å². The summed E-state index contributed by atoms with van der Waals surface area (Å²) in [6.45, 7) is 6.84. The van der Waals surface area contributed by atoms with Crippen LogP contribution in [0.5, 0.6) is 0 Å². The lowest BCUT2D eigenvalue weighted by Crippen LogP contribution is -2.33. The molecule has 4 amide bonds. The Morgan fingerprint density at radius 1 is 1.04 bits per heavy atom. The van der Waals surface area contributed by atoms with E-state index in [9.17, 15) is 14.4 Å². The minimum atomic E-state index is -0.343. The Balaban J connectivity index is 1.60. The van der Waals surface area contributed by atoms with Crippen molar-refractivity contribution in [2.75, 3.05) is 18.4 Å². The SMILES string of the molecule is Cc1ccccc1CCNC(=O)Nc1ccc2c(c1)C(=O)N(CC(C)C)C2=O. The van der Waals surface area contributed by atoms with Gasteiger partial charge >= 0.3 is 6.03 Å². The normalized spacial score (nSPS) is 13.1. The van der Waals surface area contributed by atoms with Gasteiger partial charge in [0.15, 0.2) is 0 Å². The summed E-state index contributed by atoms with van der Waals surface area (Å²) in [5, 5.41) is 5.55. The van der Waals surface area contributed by atoms with E-state index in [4.69, 9.17) is 0 Å². The largest absolute Gasteiger partial charge is 0.338 e. The Morgan fingerprint density at radius 3 is 2.46 bits per heavy atom. The van der Waals surface area contributed by atoms with Crippen LogP contribution < -0.4 is 10.6 Å². The maximum atomic E-state index is 12.5. The molecule has 0 bridgehead atoms. The van der Waals surface area contributed by atoms with Crippen molar-refractivity contribution in [2.24, 2.45) is 5.92 Å². The Labute approximate surface area is 164 Å². The molecule has 0 fully saturated rings. The highest BCUT2D eigenvalue weighted by Crippen LogP contribution is 2.26. The highest BCUT2D eigenvalue weighted by molar-refractivity contribution is 6.21. The fraction of sp³-hybridized carbons (Fsp3) is 0.318. The number of hydrogen-bond acceptors (Lipinski definition) is 3. The zero-order chi connectivity index (χ0) is 20.3. The number of aryl methyl sites for hydroxylation is 1. The van der Waals surface area contributed by atoms with E-state index in [2.05, 4.69) is 10.6 Å². The molecule has 6 nitrogen and oxygen atoms in total. The first-order valence-corrected chi connectivity index (χ1v) is 9.46. The number of urea groups is 1. The van der Waals surface area contributed by atoms with Crippen LogP contribution in [0.3, 0.4) is 0 Å². The summed E-state index contributed by atoms with van der Waals surface area (Å²) in [5.41, 5.74) is 3.59. The Morgan fingerprint density at radius 2 is 1.75 bits per heavy atom. The lowest BCUT2D eigenvalue weighted by atomic mass is 10.1. The number of imide groups is 1. The molecule has 1 aliphatic heterocycles. The third kappa shape index (κ3) is 4.22. The van der Waals surface area contributed by atoms with Crippen LogP contribution in [0.25, 0.3) is 0 Å². The van der Waals surface area contributed by atoms with Crippen LogP contribution in [0.2, 0.25) is 0 Å². The maximum Gasteiger partial charge on any atom is 0.319 e. The Hall–Kier alpha value is -3.15. The molecule has 3 rings (SSSR count). The number of benzene rings is 2. The predicted molar refractivity (Wildman–Crippen MR) is 109 cm³/mol. The van der Waals surface area contributed by atoms with Crippen molar-refractivity contribution in [1.29, 1.82) is 0 Å². The van der Waals surface area contributed by atoms with Crippen molar-refractivity contribution >= 4 is 23.5 Å². The zero-order valence-electron chi connectivity index (χ0n) is 16.4. The van der Waals surface area contributed by atoms with E-state index in [0.29, 0.717) is 29.9 Å². The van der Waals surface area contributed by atoms with Gasteiger partial charge in [0.25, 0.3) is 11.8 Å². The molecule has 0 saturated heterocycles. The van der Waals surface area contributed by atoms with Crippen molar-refractivity contribution in [3.8, 4) is 0 Å². The van der Waals surface area contributed by atoms with Gasteiger partial charge in [-0.3, -0.25) is 14.5 Å². The molecular formula is C22H25N3O3. The van der Waals surface area contributed by atoms with Gasteiger partial charge in [0, 0.05) is 18.8 Å². The van der Waals surface area contributed by atoms with Crippen molar-refractivity contribution in [3.05, 3.63) is 64.7 Å². The molecule has 2 N–H and O–H groups in total. The van der Waals surface area contributed by atoms with Crippen LogP contribution in [-0.4, -0.2) is 35.8 Å². The van der Waals surface area contributed by atoms with Crippen LogP contribution >= 0.6 is 0 Å². The van der Waals surface area contributed by atoms with E-state index < -0.39 is 0 Å². The molecule has 2 aromatic carbocycles. The molecule has 0 spiro atoms. The molecule has 0 aliphatic carbocycles. The van der Waals surface area contributed by atoms with Gasteiger partial charge in [-0.15, -0.1) is 0 Å². The summed E-state index contributed by atoms with van der Waals surface area (Å²) in [4.78, 5) is 38.3. The molecule has 28 heavy (non-hydrogen) atoms. The van der Waals surface area contributed by atoms with Gasteiger partial charge in [0.2, 0.25) is 0 Å². The monoisotopic (exact) mass is 379 g/mol. The molecule has 0 atom stereocenters. The number of nitrogens with one attached hydrogen (secondary N) is 2. The average molecular weight is 379 g/mol. The van der Waals surface area contributed by atoms with Crippen LogP contribution in [0, 0.1) is 12.8 Å². The second-order valence-electron chi connectivity index (χ2n) is 7.43. The van der Waals surface area contributed by atoms with Crippen LogP contribution in [-0.2, 0) is 6.42 Å². The summed E-state index contributed by atoms with van der Waals surface area (Å²) in [6.07, 6.45) is 0.738. The summed E-state index contributed by atoms with van der Waals surface area (Å²) in [6, 6.07) is 12.5. The maximum absolute atomic E-state index is 12.5. The van der Waals surface area contributed by atoms with E-state index in [1.165, 1.54) is 16.0 Å². The molecule has 146 valence electrons. The van der Waals surface area contributed by atoms with E-state index in [0.717, 1.165) is 6.42 Å². The first kappa shape index (κ1) is 19.6. The van der Waals surface area contributed by atoms with E-state index in [-0.39, 0.29) is 23.8 Å². The number of nitrogens with zero attached hydrogens (tertiary/aromatic N) is 1. The number of carbonyl (C=O) groups excluding carboxylic acids is 3. The van der Waals surface area contributed by atoms with Gasteiger partial charge in [-0.2, -0.15) is 0 Å². The second-order valence-corrected chi connectivity index (χ2v) is 7.43. The number of hydrogen-bond donors (Lipinski definition) is 2. The lowest BCUT2D eigenvalue weighted by Gasteiger charge is -2.15.